The summed E-state index contributed by atoms with van der Waals surface area (Å²) in [7, 11) is 0. The lowest BCUT2D eigenvalue weighted by Crippen LogP contribution is -2.46. The number of carbonyl (C=O) groups is 2. The number of allylic oxidation sites excluding steroid dienone is 2. The van der Waals surface area contributed by atoms with Crippen LogP contribution in [0.1, 0.15) is 39.0 Å². The van der Waals surface area contributed by atoms with Crippen molar-refractivity contribution < 1.29 is 23.8 Å². The lowest BCUT2D eigenvalue weighted by Gasteiger charge is -2.39. The maximum atomic E-state index is 12.6. The first kappa shape index (κ1) is 18.9. The highest BCUT2D eigenvalue weighted by atomic mass is 16.7. The molecule has 1 saturated heterocycles. The Labute approximate surface area is 164 Å². The van der Waals surface area contributed by atoms with Gasteiger partial charge in [-0.15, -0.1) is 0 Å². The van der Waals surface area contributed by atoms with E-state index in [2.05, 4.69) is 15.8 Å². The molecular weight excluding hydrogens is 360 g/mol. The van der Waals surface area contributed by atoms with Crippen LogP contribution in [-0.2, 0) is 23.8 Å². The molecule has 1 saturated carbocycles. The van der Waals surface area contributed by atoms with Gasteiger partial charge >= 0.3 is 11.6 Å². The Bertz CT molecular complexity index is 852. The minimum atomic E-state index is -1.26. The Morgan fingerprint density at radius 3 is 2.68 bits per heavy atom. The summed E-state index contributed by atoms with van der Waals surface area (Å²) in [5.41, 5.74) is 0.756. The molecule has 1 spiro atoms. The number of ether oxygens (including phenoxy) is 3. The van der Waals surface area contributed by atoms with E-state index in [4.69, 9.17) is 27.4 Å². The van der Waals surface area contributed by atoms with Gasteiger partial charge in [0.25, 0.3) is 0 Å². The number of fused-ring (bicyclic) bond motifs is 2. The molecule has 2 fully saturated rings. The van der Waals surface area contributed by atoms with Gasteiger partial charge < -0.3 is 14.2 Å². The third-order valence-corrected chi connectivity index (χ3v) is 6.41. The molecule has 3 aliphatic carbocycles. The normalized spacial score (nSPS) is 30.0. The van der Waals surface area contributed by atoms with Gasteiger partial charge in [0, 0.05) is 37.7 Å². The summed E-state index contributed by atoms with van der Waals surface area (Å²) < 4.78 is 16.8. The van der Waals surface area contributed by atoms with Crippen LogP contribution < -0.4 is 0 Å². The van der Waals surface area contributed by atoms with Crippen LogP contribution in [0.3, 0.4) is 0 Å². The van der Waals surface area contributed by atoms with Crippen LogP contribution in [0, 0.1) is 25.0 Å². The van der Waals surface area contributed by atoms with Crippen molar-refractivity contribution in [2.45, 2.75) is 50.5 Å². The van der Waals surface area contributed by atoms with Gasteiger partial charge in [0.15, 0.2) is 11.6 Å². The first-order valence-corrected chi connectivity index (χ1v) is 9.57. The van der Waals surface area contributed by atoms with Crippen molar-refractivity contribution in [1.82, 2.24) is 0 Å². The second-order valence-corrected chi connectivity index (χ2v) is 7.93. The zero-order chi connectivity index (χ0) is 19.9. The maximum Gasteiger partial charge on any atom is 0.489 e. The average molecular weight is 382 g/mol. The number of nitrogens with zero attached hydrogens (tertiary/aromatic N) is 2. The molecule has 1 heterocycles. The molecule has 28 heavy (non-hydrogen) atoms. The van der Waals surface area contributed by atoms with Crippen molar-refractivity contribution in [2.24, 2.45) is 11.8 Å². The van der Waals surface area contributed by atoms with Crippen LogP contribution in [0.2, 0.25) is 0 Å². The van der Waals surface area contributed by atoms with E-state index >= 15 is 0 Å². The van der Waals surface area contributed by atoms with Crippen LogP contribution in [0.25, 0.3) is 9.69 Å². The van der Waals surface area contributed by atoms with Crippen LogP contribution in [-0.4, -0.2) is 43.0 Å². The van der Waals surface area contributed by atoms with Gasteiger partial charge in [0.2, 0.25) is 0 Å². The van der Waals surface area contributed by atoms with E-state index in [1.54, 1.807) is 0 Å². The van der Waals surface area contributed by atoms with E-state index in [1.807, 2.05) is 0 Å². The summed E-state index contributed by atoms with van der Waals surface area (Å²) in [5.74, 6) is -1.39. The Hall–Kier alpha value is -2.48. The van der Waals surface area contributed by atoms with Gasteiger partial charge in [-0.3, -0.25) is 9.59 Å². The SMILES string of the molecule is [C-]#[N+]C1([N+]#[C-])CC2=C(COC(C)=O)C(=O)CC2=C[C@@H]2CC3(CCC21)OCCO3. The van der Waals surface area contributed by atoms with Gasteiger partial charge in [-0.25, -0.2) is 22.8 Å². The summed E-state index contributed by atoms with van der Waals surface area (Å²) in [6.45, 7) is 18.0. The maximum absolute atomic E-state index is 12.6. The third-order valence-electron chi connectivity index (χ3n) is 6.41. The summed E-state index contributed by atoms with van der Waals surface area (Å²) >= 11 is 0. The van der Waals surface area contributed by atoms with Crippen LogP contribution in [0.5, 0.6) is 0 Å². The second kappa shape index (κ2) is 6.84. The molecular formula is C21H22N2O5. The first-order valence-electron chi connectivity index (χ1n) is 9.57. The highest BCUT2D eigenvalue weighted by Crippen LogP contribution is 2.53. The van der Waals surface area contributed by atoms with Crippen molar-refractivity contribution in [2.75, 3.05) is 19.8 Å². The fraction of sp³-hybridized carbons (Fsp3) is 0.619. The van der Waals surface area contributed by atoms with Crippen molar-refractivity contribution >= 4 is 11.8 Å². The first-order chi connectivity index (χ1) is 13.4. The number of esters is 1. The van der Waals surface area contributed by atoms with Crippen molar-refractivity contribution in [3.8, 4) is 0 Å². The average Bonchev–Trinajstić information content (AvgIpc) is 3.19. The molecule has 0 aromatic carbocycles. The minimum Gasteiger partial charge on any atom is -0.461 e. The van der Waals surface area contributed by atoms with E-state index in [0.717, 1.165) is 11.1 Å². The fourth-order valence-electron chi connectivity index (χ4n) is 5.09. The molecule has 1 aliphatic heterocycles. The largest absolute Gasteiger partial charge is 0.489 e. The van der Waals surface area contributed by atoms with Crippen molar-refractivity contribution in [1.29, 1.82) is 0 Å². The molecule has 4 aliphatic rings. The molecule has 7 heteroatoms. The predicted molar refractivity (Wildman–Crippen MR) is 97.4 cm³/mol. The molecule has 0 aromatic heterocycles. The van der Waals surface area contributed by atoms with Gasteiger partial charge in [-0.2, -0.15) is 0 Å². The number of hydrogen-bond donors (Lipinski definition) is 0. The third kappa shape index (κ3) is 2.96. The van der Waals surface area contributed by atoms with E-state index in [1.165, 1.54) is 6.92 Å². The number of ketones is 1. The molecule has 1 unspecified atom stereocenters. The molecule has 7 nitrogen and oxygen atoms in total. The summed E-state index contributed by atoms with van der Waals surface area (Å²) in [4.78, 5) is 31.4. The van der Waals surface area contributed by atoms with E-state index in [-0.39, 0.29) is 37.1 Å². The highest BCUT2D eigenvalue weighted by molar-refractivity contribution is 6.03. The quantitative estimate of drug-likeness (QED) is 0.543. The monoisotopic (exact) mass is 382 g/mol. The van der Waals surface area contributed by atoms with E-state index in [9.17, 15) is 9.59 Å². The molecule has 0 bridgehead atoms. The smallest absolute Gasteiger partial charge is 0.461 e. The van der Waals surface area contributed by atoms with Crippen LogP contribution in [0.15, 0.2) is 22.8 Å². The number of carbonyl (C=O) groups excluding carboxylic acids is 2. The van der Waals surface area contributed by atoms with Crippen molar-refractivity contribution in [3.05, 3.63) is 45.6 Å². The summed E-state index contributed by atoms with van der Waals surface area (Å²) in [6, 6.07) is 0. The number of Topliss-reactive ketones (excluding diaryl/α,β-unsaturated/α-hetero) is 1. The second-order valence-electron chi connectivity index (χ2n) is 7.93. The van der Waals surface area contributed by atoms with Crippen LogP contribution in [0.4, 0.5) is 0 Å². The Kier molecular flexibility index (Phi) is 4.61. The van der Waals surface area contributed by atoms with Gasteiger partial charge in [-0.1, -0.05) is 6.08 Å². The fourth-order valence-corrected chi connectivity index (χ4v) is 5.09. The minimum absolute atomic E-state index is 0.0663. The summed E-state index contributed by atoms with van der Waals surface area (Å²) in [5, 5.41) is 0. The Balaban J connectivity index is 1.76. The molecule has 4 rings (SSSR count). The standard InChI is InChI=1S/C21H22N2O5/c1-13(24)26-12-17-16-11-21(22-2,23-3)18-4-5-20(27-6-7-28-20)10-15(18)8-14(16)9-19(17)25/h8,15,18H,4-7,9-12H2,1H3/t15-,18?/m1/s1. The lowest BCUT2D eigenvalue weighted by atomic mass is 9.70. The van der Waals surface area contributed by atoms with Crippen LogP contribution >= 0.6 is 0 Å². The summed E-state index contributed by atoms with van der Waals surface area (Å²) in [6.07, 6.45) is 4.42. The lowest BCUT2D eigenvalue weighted by molar-refractivity contribution is -0.192. The number of rotatable bonds is 2. The van der Waals surface area contributed by atoms with E-state index < -0.39 is 17.4 Å². The Morgan fingerprint density at radius 2 is 2.04 bits per heavy atom. The topological polar surface area (TPSA) is 70.6 Å². The molecule has 0 radical (unpaired) electrons. The van der Waals surface area contributed by atoms with Gasteiger partial charge in [0.05, 0.1) is 13.2 Å². The molecule has 146 valence electrons. The van der Waals surface area contributed by atoms with Gasteiger partial charge in [0.1, 0.15) is 18.9 Å². The van der Waals surface area contributed by atoms with Gasteiger partial charge in [-0.05, 0) is 17.6 Å². The molecule has 0 aromatic rings. The predicted octanol–water partition coefficient (Wildman–Crippen LogP) is 2.84. The molecule has 0 amide bonds. The molecule has 2 atom stereocenters. The Morgan fingerprint density at radius 1 is 1.32 bits per heavy atom. The molecule has 0 N–H and O–H groups in total. The zero-order valence-corrected chi connectivity index (χ0v) is 15.8. The number of hydrogen-bond acceptors (Lipinski definition) is 5. The van der Waals surface area contributed by atoms with Crippen molar-refractivity contribution in [3.63, 3.8) is 0 Å². The zero-order valence-electron chi connectivity index (χ0n) is 15.8. The highest BCUT2D eigenvalue weighted by Gasteiger charge is 2.62. The van der Waals surface area contributed by atoms with E-state index in [0.29, 0.717) is 38.0 Å².